The summed E-state index contributed by atoms with van der Waals surface area (Å²) in [6.45, 7) is 0.455. The SMILES string of the molecule is Fc1ccc(Cl)c(F)c1[C@]12CC1c1n[nH]c(=S)n1C2. The van der Waals surface area contributed by atoms with Gasteiger partial charge in [-0.3, -0.25) is 5.10 Å². The van der Waals surface area contributed by atoms with E-state index in [9.17, 15) is 8.78 Å². The Balaban J connectivity index is 1.90. The normalized spacial score (nSPS) is 27.2. The topological polar surface area (TPSA) is 33.6 Å². The second kappa shape index (κ2) is 3.43. The molecule has 1 aromatic carbocycles. The lowest BCUT2D eigenvalue weighted by Crippen LogP contribution is -2.17. The number of hydrogen-bond donors (Lipinski definition) is 1. The van der Waals surface area contributed by atoms with E-state index in [-0.39, 0.29) is 16.5 Å². The van der Waals surface area contributed by atoms with Crippen molar-refractivity contribution in [2.24, 2.45) is 0 Å². The standard InChI is InChI=1S/C12H8ClF2N3S/c13-6-1-2-7(14)8(9(6)15)12-3-5(12)10-16-17-11(19)18(10)4-12/h1-2,5H,3-4H2,(H,17,19)/t5?,12-/m0/s1. The largest absolute Gasteiger partial charge is 0.303 e. The minimum absolute atomic E-state index is 0.0166. The molecular weight excluding hydrogens is 292 g/mol. The minimum Gasteiger partial charge on any atom is -0.303 e. The van der Waals surface area contributed by atoms with Crippen LogP contribution < -0.4 is 0 Å². The van der Waals surface area contributed by atoms with E-state index < -0.39 is 17.0 Å². The third kappa shape index (κ3) is 1.31. The zero-order valence-corrected chi connectivity index (χ0v) is 11.2. The van der Waals surface area contributed by atoms with Crippen molar-refractivity contribution in [3.8, 4) is 0 Å². The lowest BCUT2D eigenvalue weighted by Gasteiger charge is -2.15. The predicted molar refractivity (Wildman–Crippen MR) is 67.8 cm³/mol. The summed E-state index contributed by atoms with van der Waals surface area (Å²) < 4.78 is 30.5. The molecule has 2 atom stereocenters. The Labute approximate surface area is 117 Å². The molecule has 1 aliphatic heterocycles. The highest BCUT2D eigenvalue weighted by Crippen LogP contribution is 2.65. The maximum Gasteiger partial charge on any atom is 0.195 e. The van der Waals surface area contributed by atoms with Gasteiger partial charge in [0.05, 0.1) is 5.02 Å². The number of halogens is 3. The van der Waals surface area contributed by atoms with E-state index in [0.29, 0.717) is 17.7 Å². The zero-order valence-electron chi connectivity index (χ0n) is 9.58. The van der Waals surface area contributed by atoms with Crippen LogP contribution in [0.25, 0.3) is 0 Å². The van der Waals surface area contributed by atoms with Crippen molar-refractivity contribution in [1.29, 1.82) is 0 Å². The highest BCUT2D eigenvalue weighted by atomic mass is 35.5. The van der Waals surface area contributed by atoms with Crippen LogP contribution in [0.5, 0.6) is 0 Å². The number of aromatic amines is 1. The Kier molecular flexibility index (Phi) is 2.09. The average molecular weight is 300 g/mol. The number of aromatic nitrogens is 3. The first-order chi connectivity index (χ1) is 9.04. The van der Waals surface area contributed by atoms with E-state index in [2.05, 4.69) is 10.2 Å². The Hall–Kier alpha value is -1.27. The van der Waals surface area contributed by atoms with E-state index in [1.807, 2.05) is 4.57 Å². The van der Waals surface area contributed by atoms with Crippen LogP contribution in [0, 0.1) is 16.4 Å². The summed E-state index contributed by atoms with van der Waals surface area (Å²) in [6.07, 6.45) is 0.681. The van der Waals surface area contributed by atoms with Crippen LogP contribution >= 0.6 is 23.8 Å². The molecule has 7 heteroatoms. The molecule has 4 rings (SSSR count). The van der Waals surface area contributed by atoms with Crippen LogP contribution in [-0.4, -0.2) is 14.8 Å². The molecule has 0 bridgehead atoms. The first-order valence-corrected chi connectivity index (χ1v) is 6.62. The van der Waals surface area contributed by atoms with E-state index in [0.717, 1.165) is 5.82 Å². The van der Waals surface area contributed by atoms with Crippen LogP contribution in [0.3, 0.4) is 0 Å². The summed E-state index contributed by atoms with van der Waals surface area (Å²) in [4.78, 5) is 0. The van der Waals surface area contributed by atoms with Crippen molar-refractivity contribution in [3.63, 3.8) is 0 Å². The fourth-order valence-electron chi connectivity index (χ4n) is 3.19. The average Bonchev–Trinajstić information content (AvgIpc) is 2.83. The van der Waals surface area contributed by atoms with Crippen molar-refractivity contribution in [3.05, 3.63) is 44.9 Å². The molecule has 0 saturated heterocycles. The second-order valence-corrected chi connectivity index (χ2v) is 5.90. The number of nitrogens with one attached hydrogen (secondary N) is 1. The third-order valence-electron chi connectivity index (χ3n) is 4.16. The number of benzene rings is 1. The summed E-state index contributed by atoms with van der Waals surface area (Å²) in [5, 5.41) is 6.80. The van der Waals surface area contributed by atoms with Crippen molar-refractivity contribution in [1.82, 2.24) is 14.8 Å². The van der Waals surface area contributed by atoms with Gasteiger partial charge in [0, 0.05) is 23.4 Å². The van der Waals surface area contributed by atoms with Crippen LogP contribution in [0.15, 0.2) is 12.1 Å². The molecule has 1 unspecified atom stereocenters. The first-order valence-electron chi connectivity index (χ1n) is 5.84. The summed E-state index contributed by atoms with van der Waals surface area (Å²) in [7, 11) is 0. The number of nitrogens with zero attached hydrogens (tertiary/aromatic N) is 2. The highest BCUT2D eigenvalue weighted by molar-refractivity contribution is 7.71. The third-order valence-corrected chi connectivity index (χ3v) is 4.76. The Morgan fingerprint density at radius 1 is 1.47 bits per heavy atom. The quantitative estimate of drug-likeness (QED) is 0.647. The number of H-pyrrole nitrogens is 1. The molecule has 1 aromatic heterocycles. The van der Waals surface area contributed by atoms with Gasteiger partial charge < -0.3 is 4.57 Å². The van der Waals surface area contributed by atoms with Crippen molar-refractivity contribution in [2.75, 3.05) is 0 Å². The van der Waals surface area contributed by atoms with Gasteiger partial charge in [0.15, 0.2) is 4.77 Å². The second-order valence-electron chi connectivity index (χ2n) is 5.10. The smallest absolute Gasteiger partial charge is 0.195 e. The van der Waals surface area contributed by atoms with E-state index in [1.165, 1.54) is 12.1 Å². The maximum absolute atomic E-state index is 14.2. The molecule has 3 nitrogen and oxygen atoms in total. The van der Waals surface area contributed by atoms with Gasteiger partial charge in [-0.2, -0.15) is 5.10 Å². The highest BCUT2D eigenvalue weighted by Gasteiger charge is 2.64. The van der Waals surface area contributed by atoms with Crippen LogP contribution in [0.4, 0.5) is 8.78 Å². The maximum atomic E-state index is 14.2. The fraction of sp³-hybridized carbons (Fsp3) is 0.333. The summed E-state index contributed by atoms with van der Waals surface area (Å²) in [5.74, 6) is -0.415. The summed E-state index contributed by atoms with van der Waals surface area (Å²) in [5.41, 5.74) is -0.491. The van der Waals surface area contributed by atoms with Crippen molar-refractivity contribution in [2.45, 2.75) is 24.3 Å². The van der Waals surface area contributed by atoms with Gasteiger partial charge in [-0.15, -0.1) is 0 Å². The van der Waals surface area contributed by atoms with Gasteiger partial charge in [-0.1, -0.05) is 11.6 Å². The van der Waals surface area contributed by atoms with Gasteiger partial charge >= 0.3 is 0 Å². The lowest BCUT2D eigenvalue weighted by molar-refractivity contribution is 0.487. The van der Waals surface area contributed by atoms with E-state index >= 15 is 0 Å². The zero-order chi connectivity index (χ0) is 13.4. The molecular formula is C12H8ClF2N3S. The molecule has 1 N–H and O–H groups in total. The van der Waals surface area contributed by atoms with Gasteiger partial charge in [-0.25, -0.2) is 8.78 Å². The molecule has 0 spiro atoms. The van der Waals surface area contributed by atoms with E-state index in [4.69, 9.17) is 23.8 Å². The van der Waals surface area contributed by atoms with Crippen LogP contribution in [0.2, 0.25) is 5.02 Å². The summed E-state index contributed by atoms with van der Waals surface area (Å²) in [6, 6.07) is 2.45. The Bertz CT molecular complexity index is 769. The molecule has 1 fully saturated rings. The molecule has 2 aliphatic rings. The van der Waals surface area contributed by atoms with Crippen molar-refractivity contribution < 1.29 is 8.78 Å². The summed E-state index contributed by atoms with van der Waals surface area (Å²) >= 11 is 10.9. The monoisotopic (exact) mass is 299 g/mol. The predicted octanol–water partition coefficient (Wildman–Crippen LogP) is 3.31. The Morgan fingerprint density at radius 2 is 2.26 bits per heavy atom. The molecule has 1 aliphatic carbocycles. The molecule has 19 heavy (non-hydrogen) atoms. The molecule has 0 amide bonds. The molecule has 2 heterocycles. The van der Waals surface area contributed by atoms with Gasteiger partial charge in [0.1, 0.15) is 17.5 Å². The molecule has 2 aromatic rings. The van der Waals surface area contributed by atoms with Crippen LogP contribution in [0.1, 0.15) is 23.7 Å². The Morgan fingerprint density at radius 3 is 3.00 bits per heavy atom. The van der Waals surface area contributed by atoms with Gasteiger partial charge in [-0.05, 0) is 30.8 Å². The van der Waals surface area contributed by atoms with Crippen molar-refractivity contribution >= 4 is 23.8 Å². The minimum atomic E-state index is -0.662. The number of fused-ring (bicyclic) bond motifs is 3. The molecule has 98 valence electrons. The molecule has 0 radical (unpaired) electrons. The fourth-order valence-corrected chi connectivity index (χ4v) is 3.55. The van der Waals surface area contributed by atoms with Gasteiger partial charge in [0.2, 0.25) is 0 Å². The number of rotatable bonds is 1. The van der Waals surface area contributed by atoms with Gasteiger partial charge in [0.25, 0.3) is 0 Å². The first kappa shape index (κ1) is 11.5. The van der Waals surface area contributed by atoms with Crippen LogP contribution in [-0.2, 0) is 12.0 Å². The molecule has 1 saturated carbocycles. The van der Waals surface area contributed by atoms with E-state index in [1.54, 1.807) is 0 Å². The number of hydrogen-bond acceptors (Lipinski definition) is 2. The lowest BCUT2D eigenvalue weighted by atomic mass is 9.93.